The topological polar surface area (TPSA) is 56.1 Å². The molecule has 0 amide bonds. The molecule has 2 aliphatic heterocycles. The first-order chi connectivity index (χ1) is 13.5. The quantitative estimate of drug-likeness (QED) is 0.799. The Kier molecular flexibility index (Phi) is 5.07. The third kappa shape index (κ3) is 3.27. The van der Waals surface area contributed by atoms with Crippen molar-refractivity contribution >= 4 is 5.82 Å². The number of hydrogen-bond donors (Lipinski definition) is 0. The molecule has 3 heterocycles. The Hall–Kier alpha value is -2.45. The van der Waals surface area contributed by atoms with Gasteiger partial charge in [0.25, 0.3) is 0 Å². The number of piperidine rings is 1. The predicted octanol–water partition coefficient (Wildman–Crippen LogP) is 3.79. The predicted molar refractivity (Wildman–Crippen MR) is 113 cm³/mol. The number of hydrogen-bond acceptors (Lipinski definition) is 5. The van der Waals surface area contributed by atoms with Gasteiger partial charge in [-0.3, -0.25) is 0 Å². The molecule has 0 unspecified atom stereocenters. The van der Waals surface area contributed by atoms with E-state index in [4.69, 9.17) is 10.2 Å². The van der Waals surface area contributed by atoms with E-state index in [9.17, 15) is 5.26 Å². The van der Waals surface area contributed by atoms with Crippen LogP contribution in [-0.2, 0) is 6.42 Å². The molecule has 0 saturated carbocycles. The highest BCUT2D eigenvalue weighted by Crippen LogP contribution is 2.36. The van der Waals surface area contributed by atoms with Crippen LogP contribution in [0.1, 0.15) is 47.1 Å². The zero-order valence-corrected chi connectivity index (χ0v) is 17.4. The summed E-state index contributed by atoms with van der Waals surface area (Å²) in [5.41, 5.74) is 7.59. The molecule has 0 bridgehead atoms. The highest BCUT2D eigenvalue weighted by atomic mass is 15.3. The van der Waals surface area contributed by atoms with Crippen LogP contribution in [0, 0.1) is 32.1 Å². The minimum Gasteiger partial charge on any atom is -0.351 e. The van der Waals surface area contributed by atoms with Gasteiger partial charge >= 0.3 is 0 Å². The molecular weight excluding hydrogens is 346 g/mol. The molecular formula is C23H29N5. The van der Waals surface area contributed by atoms with E-state index in [-0.39, 0.29) is 0 Å². The van der Waals surface area contributed by atoms with Crippen LogP contribution in [0.4, 0.5) is 5.82 Å². The largest absolute Gasteiger partial charge is 0.351 e. The maximum atomic E-state index is 9.25. The maximum absolute atomic E-state index is 9.25. The number of nitrogens with zero attached hydrogens (tertiary/aromatic N) is 5. The molecule has 1 atom stereocenters. The van der Waals surface area contributed by atoms with Gasteiger partial charge in [0, 0.05) is 30.3 Å². The summed E-state index contributed by atoms with van der Waals surface area (Å²) >= 11 is 0. The van der Waals surface area contributed by atoms with Crippen molar-refractivity contribution in [1.82, 2.24) is 15.1 Å². The lowest BCUT2D eigenvalue weighted by molar-refractivity contribution is 0.242. The number of benzene rings is 1. The van der Waals surface area contributed by atoms with Crippen LogP contribution >= 0.6 is 0 Å². The van der Waals surface area contributed by atoms with Crippen LogP contribution in [0.3, 0.4) is 0 Å². The van der Waals surface area contributed by atoms with E-state index >= 15 is 0 Å². The molecule has 2 aliphatic rings. The van der Waals surface area contributed by atoms with Crippen molar-refractivity contribution in [3.05, 3.63) is 39.9 Å². The monoisotopic (exact) mass is 375 g/mol. The molecule has 1 saturated heterocycles. The summed E-state index contributed by atoms with van der Waals surface area (Å²) in [4.78, 5) is 4.94. The van der Waals surface area contributed by atoms with E-state index in [1.807, 2.05) is 12.1 Å². The summed E-state index contributed by atoms with van der Waals surface area (Å²) in [5, 5.41) is 18.7. The molecule has 1 fully saturated rings. The van der Waals surface area contributed by atoms with E-state index in [2.05, 4.69) is 43.7 Å². The van der Waals surface area contributed by atoms with Gasteiger partial charge in [-0.15, -0.1) is 10.2 Å². The Bertz CT molecular complexity index is 920. The first kappa shape index (κ1) is 18.9. The zero-order chi connectivity index (χ0) is 19.8. The van der Waals surface area contributed by atoms with Gasteiger partial charge in [0.15, 0.2) is 5.82 Å². The van der Waals surface area contributed by atoms with Crippen LogP contribution in [0.5, 0.6) is 0 Å². The molecule has 0 radical (unpaired) electrons. The van der Waals surface area contributed by atoms with Crippen molar-refractivity contribution in [3.8, 4) is 17.3 Å². The van der Waals surface area contributed by atoms with Gasteiger partial charge in [-0.25, -0.2) is 0 Å². The van der Waals surface area contributed by atoms with Crippen molar-refractivity contribution in [3.63, 3.8) is 0 Å². The second kappa shape index (κ2) is 7.52. The molecule has 146 valence electrons. The molecule has 1 aromatic heterocycles. The average molecular weight is 376 g/mol. The smallest absolute Gasteiger partial charge is 0.155 e. The fourth-order valence-electron chi connectivity index (χ4n) is 4.99. The van der Waals surface area contributed by atoms with Gasteiger partial charge in [0.2, 0.25) is 0 Å². The highest BCUT2D eigenvalue weighted by molar-refractivity contribution is 5.74. The summed E-state index contributed by atoms with van der Waals surface area (Å²) < 4.78 is 0. The number of fused-ring (bicyclic) bond motifs is 1. The number of nitriles is 1. The van der Waals surface area contributed by atoms with Crippen molar-refractivity contribution in [2.24, 2.45) is 0 Å². The van der Waals surface area contributed by atoms with E-state index in [1.54, 1.807) is 0 Å². The molecule has 1 aromatic carbocycles. The lowest BCUT2D eigenvalue weighted by atomic mass is 9.91. The lowest BCUT2D eigenvalue weighted by Gasteiger charge is -2.41. The lowest BCUT2D eigenvalue weighted by Crippen LogP contribution is -2.49. The number of likely N-dealkylation sites (N-methyl/N-ethyl adjacent to an activating group) is 1. The van der Waals surface area contributed by atoms with Gasteiger partial charge in [0.1, 0.15) is 0 Å². The van der Waals surface area contributed by atoms with Crippen LogP contribution < -0.4 is 4.90 Å². The maximum Gasteiger partial charge on any atom is 0.155 e. The van der Waals surface area contributed by atoms with Gasteiger partial charge in [-0.1, -0.05) is 0 Å². The molecule has 4 rings (SSSR count). The molecule has 0 spiro atoms. The van der Waals surface area contributed by atoms with E-state index in [1.165, 1.54) is 36.9 Å². The number of likely N-dealkylation sites (tertiary alicyclic amines) is 1. The highest BCUT2D eigenvalue weighted by Gasteiger charge is 2.30. The van der Waals surface area contributed by atoms with E-state index < -0.39 is 0 Å². The van der Waals surface area contributed by atoms with Crippen LogP contribution in [0.25, 0.3) is 11.3 Å². The molecule has 0 N–H and O–H groups in total. The third-order valence-corrected chi connectivity index (χ3v) is 6.36. The van der Waals surface area contributed by atoms with Gasteiger partial charge in [-0.2, -0.15) is 5.26 Å². The molecule has 28 heavy (non-hydrogen) atoms. The second-order valence-electron chi connectivity index (χ2n) is 8.43. The fourth-order valence-corrected chi connectivity index (χ4v) is 4.99. The number of aromatic nitrogens is 2. The first-order valence-corrected chi connectivity index (χ1v) is 10.3. The Morgan fingerprint density at radius 3 is 2.50 bits per heavy atom. The summed E-state index contributed by atoms with van der Waals surface area (Å²) in [6.07, 6.45) is 4.73. The second-order valence-corrected chi connectivity index (χ2v) is 8.43. The molecule has 5 nitrogen and oxygen atoms in total. The van der Waals surface area contributed by atoms with Crippen molar-refractivity contribution in [2.75, 3.05) is 31.6 Å². The summed E-state index contributed by atoms with van der Waals surface area (Å²) in [7, 11) is 2.22. The van der Waals surface area contributed by atoms with E-state index in [0.717, 1.165) is 47.7 Å². The average Bonchev–Trinajstić information content (AvgIpc) is 2.68. The fraction of sp³-hybridized carbons (Fsp3) is 0.522. The van der Waals surface area contributed by atoms with Crippen LogP contribution in [0.2, 0.25) is 0 Å². The van der Waals surface area contributed by atoms with Crippen molar-refractivity contribution in [2.45, 2.75) is 52.5 Å². The standard InChI is InChI=1S/C23H29N5/c1-15-11-18(13-24)12-16(2)21(15)22-17(3)20-8-6-10-28(23(20)26-25-22)19-7-5-9-27(4)14-19/h11-12,19H,5-10,14H2,1-4H3/t19-/m1/s1. The van der Waals surface area contributed by atoms with Gasteiger partial charge in [-0.05, 0) is 88.9 Å². The number of aryl methyl sites for hydroxylation is 2. The third-order valence-electron chi connectivity index (χ3n) is 6.36. The Labute approximate surface area is 168 Å². The van der Waals surface area contributed by atoms with E-state index in [0.29, 0.717) is 11.6 Å². The SMILES string of the molecule is Cc1cc(C#N)cc(C)c1-c1nnc2c(c1C)CCCN2[C@@H]1CCCN(C)C1. The summed E-state index contributed by atoms with van der Waals surface area (Å²) in [6.45, 7) is 9.69. The Morgan fingerprint density at radius 2 is 1.82 bits per heavy atom. The van der Waals surface area contributed by atoms with Gasteiger partial charge < -0.3 is 9.80 Å². The number of rotatable bonds is 2. The minimum atomic E-state index is 0.538. The summed E-state index contributed by atoms with van der Waals surface area (Å²) in [6, 6.07) is 6.69. The molecule has 2 aromatic rings. The first-order valence-electron chi connectivity index (χ1n) is 10.3. The Morgan fingerprint density at radius 1 is 1.07 bits per heavy atom. The summed E-state index contributed by atoms with van der Waals surface area (Å²) in [5.74, 6) is 1.09. The van der Waals surface area contributed by atoms with Crippen LogP contribution in [-0.4, -0.2) is 47.8 Å². The molecule has 0 aliphatic carbocycles. The van der Waals surface area contributed by atoms with Crippen LogP contribution in [0.15, 0.2) is 12.1 Å². The molecule has 5 heteroatoms. The number of anilines is 1. The minimum absolute atomic E-state index is 0.538. The zero-order valence-electron chi connectivity index (χ0n) is 17.4. The van der Waals surface area contributed by atoms with Gasteiger partial charge in [0.05, 0.1) is 17.3 Å². The van der Waals surface area contributed by atoms with Crippen molar-refractivity contribution < 1.29 is 0 Å². The van der Waals surface area contributed by atoms with Crippen molar-refractivity contribution in [1.29, 1.82) is 5.26 Å². The Balaban J connectivity index is 1.76. The normalized spacial score (nSPS) is 20.0.